The molecule has 1 unspecified atom stereocenters. The van der Waals surface area contributed by atoms with Crippen LogP contribution in [0.15, 0.2) is 48.5 Å². The summed E-state index contributed by atoms with van der Waals surface area (Å²) in [5.74, 6) is -0.622. The number of piperidine rings is 1. The number of alkyl halides is 6. The molecular formula is C27H31F6NO4. The van der Waals surface area contributed by atoms with E-state index in [2.05, 4.69) is 0 Å². The molecule has 5 nitrogen and oxygen atoms in total. The number of nitrogens with zero attached hydrogens (tertiary/aromatic N) is 1. The van der Waals surface area contributed by atoms with Gasteiger partial charge in [0.15, 0.2) is 0 Å². The van der Waals surface area contributed by atoms with Crippen molar-refractivity contribution in [1.82, 2.24) is 4.90 Å². The molecule has 38 heavy (non-hydrogen) atoms. The minimum atomic E-state index is -4.97. The molecule has 0 radical (unpaired) electrons. The lowest BCUT2D eigenvalue weighted by atomic mass is 9.77. The van der Waals surface area contributed by atoms with Gasteiger partial charge in [0.2, 0.25) is 0 Å². The molecular weight excluding hydrogens is 516 g/mol. The number of carbonyl (C=O) groups is 1. The summed E-state index contributed by atoms with van der Waals surface area (Å²) < 4.78 is 91.5. The maximum atomic E-state index is 13.4. The molecule has 1 heterocycles. The maximum absolute atomic E-state index is 13.4. The molecule has 2 aromatic rings. The van der Waals surface area contributed by atoms with E-state index in [1.54, 1.807) is 25.1 Å². The molecule has 0 amide bonds. The van der Waals surface area contributed by atoms with Gasteiger partial charge in [-0.3, -0.25) is 9.69 Å². The fourth-order valence-electron chi connectivity index (χ4n) is 4.80. The quantitative estimate of drug-likeness (QED) is 0.310. The molecule has 3 atom stereocenters. The average Bonchev–Trinajstić information content (AvgIpc) is 2.87. The number of halogens is 6. The monoisotopic (exact) mass is 547 g/mol. The van der Waals surface area contributed by atoms with Gasteiger partial charge in [0.1, 0.15) is 0 Å². The summed E-state index contributed by atoms with van der Waals surface area (Å²) in [6.07, 6.45) is -10.1. The number of hydrogen-bond acceptors (Lipinski definition) is 5. The Morgan fingerprint density at radius 1 is 1.08 bits per heavy atom. The van der Waals surface area contributed by atoms with E-state index in [1.807, 2.05) is 17.0 Å². The summed E-state index contributed by atoms with van der Waals surface area (Å²) in [7, 11) is 0. The van der Waals surface area contributed by atoms with Crippen molar-refractivity contribution in [3.05, 3.63) is 70.8 Å². The van der Waals surface area contributed by atoms with Gasteiger partial charge in [-0.1, -0.05) is 30.3 Å². The Labute approximate surface area is 217 Å². The van der Waals surface area contributed by atoms with Crippen LogP contribution in [0.5, 0.6) is 0 Å². The van der Waals surface area contributed by atoms with Crippen LogP contribution in [0.1, 0.15) is 55.0 Å². The Balaban J connectivity index is 1.98. The molecule has 0 aliphatic carbocycles. The van der Waals surface area contributed by atoms with E-state index in [0.29, 0.717) is 31.5 Å². The summed E-state index contributed by atoms with van der Waals surface area (Å²) in [4.78, 5) is 14.3. The van der Waals surface area contributed by atoms with Gasteiger partial charge in [0.05, 0.1) is 42.5 Å². The second-order valence-electron chi connectivity index (χ2n) is 9.46. The number of rotatable bonds is 9. The Morgan fingerprint density at radius 2 is 1.68 bits per heavy atom. The molecule has 0 saturated carbocycles. The molecule has 11 heteroatoms. The van der Waals surface area contributed by atoms with Gasteiger partial charge >= 0.3 is 18.3 Å². The first-order valence-corrected chi connectivity index (χ1v) is 12.3. The summed E-state index contributed by atoms with van der Waals surface area (Å²) in [6.45, 7) is 3.20. The van der Waals surface area contributed by atoms with E-state index in [0.717, 1.165) is 5.56 Å². The predicted octanol–water partition coefficient (Wildman–Crippen LogP) is 5.96. The molecule has 1 saturated heterocycles. The van der Waals surface area contributed by atoms with Gasteiger partial charge < -0.3 is 14.6 Å². The minimum Gasteiger partial charge on any atom is -0.465 e. The van der Waals surface area contributed by atoms with Crippen molar-refractivity contribution >= 4 is 5.97 Å². The fourth-order valence-corrected chi connectivity index (χ4v) is 4.80. The van der Waals surface area contributed by atoms with Gasteiger partial charge in [-0.25, -0.2) is 0 Å². The molecule has 1 aliphatic heterocycles. The van der Waals surface area contributed by atoms with E-state index in [1.165, 1.54) is 6.92 Å². The zero-order valence-electron chi connectivity index (χ0n) is 21.1. The third kappa shape index (κ3) is 7.06. The van der Waals surface area contributed by atoms with Gasteiger partial charge in [-0.05, 0) is 61.9 Å². The van der Waals surface area contributed by atoms with E-state index >= 15 is 0 Å². The molecule has 1 fully saturated rings. The zero-order chi connectivity index (χ0) is 28.1. The van der Waals surface area contributed by atoms with Crippen molar-refractivity contribution in [2.24, 2.45) is 5.92 Å². The van der Waals surface area contributed by atoms with Crippen LogP contribution in [0, 0.1) is 5.92 Å². The SMILES string of the molecule is CCOC(=O)CN1CC(CO)CC[C@@]1(CO[C@H](C)c1cc(C(F)(F)F)cc(C(F)(F)F)c1)c1ccccc1. The topological polar surface area (TPSA) is 59.0 Å². The predicted molar refractivity (Wildman–Crippen MR) is 127 cm³/mol. The third-order valence-corrected chi connectivity index (χ3v) is 6.90. The highest BCUT2D eigenvalue weighted by Gasteiger charge is 2.45. The van der Waals surface area contributed by atoms with Crippen LogP contribution >= 0.6 is 0 Å². The van der Waals surface area contributed by atoms with Crippen LogP contribution < -0.4 is 0 Å². The van der Waals surface area contributed by atoms with E-state index in [9.17, 15) is 36.2 Å². The van der Waals surface area contributed by atoms with Crippen molar-refractivity contribution in [3.8, 4) is 0 Å². The number of hydrogen-bond donors (Lipinski definition) is 1. The Morgan fingerprint density at radius 3 is 2.21 bits per heavy atom. The maximum Gasteiger partial charge on any atom is 0.416 e. The number of carbonyl (C=O) groups excluding carboxylic acids is 1. The van der Waals surface area contributed by atoms with Crippen LogP contribution in [0.3, 0.4) is 0 Å². The molecule has 210 valence electrons. The lowest BCUT2D eigenvalue weighted by Crippen LogP contribution is -2.56. The molecule has 0 spiro atoms. The lowest BCUT2D eigenvalue weighted by molar-refractivity contribution is -0.150. The van der Waals surface area contributed by atoms with Crippen molar-refractivity contribution in [2.45, 2.75) is 50.7 Å². The summed E-state index contributed by atoms with van der Waals surface area (Å²) in [6, 6.07) is 10.5. The summed E-state index contributed by atoms with van der Waals surface area (Å²) in [5.41, 5.74) is -3.25. The van der Waals surface area contributed by atoms with Crippen LogP contribution in [0.25, 0.3) is 0 Å². The zero-order valence-corrected chi connectivity index (χ0v) is 21.1. The molecule has 1 N–H and O–H groups in total. The number of aliphatic hydroxyl groups excluding tert-OH is 1. The molecule has 1 aliphatic rings. The van der Waals surface area contributed by atoms with Crippen molar-refractivity contribution < 1.29 is 45.7 Å². The van der Waals surface area contributed by atoms with Gasteiger partial charge in [-0.15, -0.1) is 0 Å². The Hall–Kier alpha value is -2.63. The fraction of sp³-hybridized carbons (Fsp3) is 0.519. The highest BCUT2D eigenvalue weighted by atomic mass is 19.4. The van der Waals surface area contributed by atoms with Crippen LogP contribution in [-0.4, -0.2) is 48.9 Å². The molecule has 0 aromatic heterocycles. The van der Waals surface area contributed by atoms with Crippen molar-refractivity contribution in [2.75, 3.05) is 32.9 Å². The summed E-state index contributed by atoms with van der Waals surface area (Å²) in [5, 5.41) is 9.78. The second-order valence-corrected chi connectivity index (χ2v) is 9.46. The Kier molecular flexibility index (Phi) is 9.48. The van der Waals surface area contributed by atoms with Crippen LogP contribution in [0.2, 0.25) is 0 Å². The smallest absolute Gasteiger partial charge is 0.416 e. The minimum absolute atomic E-state index is 0.0823. The van der Waals surface area contributed by atoms with E-state index in [4.69, 9.17) is 9.47 Å². The van der Waals surface area contributed by atoms with Crippen LogP contribution in [-0.2, 0) is 32.2 Å². The number of likely N-dealkylation sites (tertiary alicyclic amines) is 1. The average molecular weight is 548 g/mol. The molecule has 0 bridgehead atoms. The number of ether oxygens (including phenoxy) is 2. The van der Waals surface area contributed by atoms with E-state index in [-0.39, 0.29) is 43.9 Å². The van der Waals surface area contributed by atoms with Crippen LogP contribution in [0.4, 0.5) is 26.3 Å². The first kappa shape index (κ1) is 29.9. The van der Waals surface area contributed by atoms with Gasteiger partial charge in [0, 0.05) is 13.2 Å². The normalized spacial score (nSPS) is 21.8. The van der Waals surface area contributed by atoms with Gasteiger partial charge in [-0.2, -0.15) is 26.3 Å². The van der Waals surface area contributed by atoms with Crippen molar-refractivity contribution in [1.29, 1.82) is 0 Å². The number of aliphatic hydroxyl groups is 1. The highest BCUT2D eigenvalue weighted by molar-refractivity contribution is 5.71. The first-order chi connectivity index (χ1) is 17.8. The number of benzene rings is 2. The number of esters is 1. The summed E-state index contributed by atoms with van der Waals surface area (Å²) >= 11 is 0. The first-order valence-electron chi connectivity index (χ1n) is 12.3. The third-order valence-electron chi connectivity index (χ3n) is 6.90. The Bertz CT molecular complexity index is 1040. The molecule has 3 rings (SSSR count). The van der Waals surface area contributed by atoms with E-state index < -0.39 is 41.1 Å². The standard InChI is InChI=1S/C27H31F6NO4/c1-3-37-24(36)15-34-14-19(16-35)9-10-25(34,21-7-5-4-6-8-21)17-38-18(2)20-11-22(26(28,29)30)13-23(12-20)27(31,32)33/h4-8,11-13,18-19,35H,3,9-10,14-17H2,1-2H3/t18-,19?,25-/m1/s1. The largest absolute Gasteiger partial charge is 0.465 e. The second kappa shape index (κ2) is 12.0. The van der Waals surface area contributed by atoms with Crippen molar-refractivity contribution in [3.63, 3.8) is 0 Å². The van der Waals surface area contributed by atoms with Gasteiger partial charge in [0.25, 0.3) is 0 Å². The highest BCUT2D eigenvalue weighted by Crippen LogP contribution is 2.42. The lowest BCUT2D eigenvalue weighted by Gasteiger charge is -2.49. The molecule has 2 aromatic carbocycles.